The maximum Gasteiger partial charge on any atom is 0.242 e. The fourth-order valence-corrected chi connectivity index (χ4v) is 4.03. The molecule has 4 aromatic heterocycles. The van der Waals surface area contributed by atoms with Crippen LogP contribution < -0.4 is 9.46 Å². The summed E-state index contributed by atoms with van der Waals surface area (Å²) in [5.74, 6) is 0. The van der Waals surface area contributed by atoms with Gasteiger partial charge >= 0.3 is 0 Å². The van der Waals surface area contributed by atoms with Gasteiger partial charge < -0.3 is 10.4 Å². The van der Waals surface area contributed by atoms with Gasteiger partial charge in [0.25, 0.3) is 0 Å². The van der Waals surface area contributed by atoms with Crippen molar-refractivity contribution in [2.24, 2.45) is 0 Å². The molecule has 26 heavy (non-hydrogen) atoms. The van der Waals surface area contributed by atoms with Gasteiger partial charge in [0, 0.05) is 29.1 Å². The number of thiophene rings is 1. The maximum atomic E-state index is 12.2. The van der Waals surface area contributed by atoms with E-state index in [4.69, 9.17) is 0 Å². The Morgan fingerprint density at radius 1 is 0.808 bits per heavy atom. The first kappa shape index (κ1) is 16.7. The average Bonchev–Trinajstić information content (AvgIpc) is 3.09. The van der Waals surface area contributed by atoms with Crippen LogP contribution in [0.15, 0.2) is 76.8 Å². The Balaban J connectivity index is 1.96. The normalized spacial score (nSPS) is 10.8. The van der Waals surface area contributed by atoms with E-state index >= 15 is 0 Å². The van der Waals surface area contributed by atoms with Crippen LogP contribution in [-0.2, 0) is 0 Å². The van der Waals surface area contributed by atoms with Crippen molar-refractivity contribution in [3.8, 4) is 33.2 Å². The van der Waals surface area contributed by atoms with E-state index in [0.717, 1.165) is 23.7 Å². The van der Waals surface area contributed by atoms with Gasteiger partial charge in [-0.2, -0.15) is 9.46 Å². The molecular weight excluding hydrogens is 414 g/mol. The lowest BCUT2D eigenvalue weighted by Gasteiger charge is -2.09. The van der Waals surface area contributed by atoms with Gasteiger partial charge in [-0.25, -0.2) is 4.98 Å². The molecule has 0 aromatic carbocycles. The van der Waals surface area contributed by atoms with Crippen molar-refractivity contribution in [3.63, 3.8) is 0 Å². The van der Waals surface area contributed by atoms with Gasteiger partial charge in [0.1, 0.15) is 11.4 Å². The molecule has 0 bridgehead atoms. The van der Waals surface area contributed by atoms with Gasteiger partial charge in [0.05, 0.1) is 3.79 Å². The summed E-state index contributed by atoms with van der Waals surface area (Å²) in [6.45, 7) is 0. The molecule has 0 spiro atoms. The summed E-state index contributed by atoms with van der Waals surface area (Å²) < 4.78 is 2.55. The highest BCUT2D eigenvalue weighted by Crippen LogP contribution is 2.34. The molecule has 0 N–H and O–H groups in total. The predicted molar refractivity (Wildman–Crippen MR) is 104 cm³/mol. The Bertz CT molecular complexity index is 1030. The SMILES string of the molecule is [O-][n+]1ccccc1-c1cc(-c2ccc(Br)s2)cc(-c2cccc[n+]2[O-])n1. The molecule has 4 rings (SSSR count). The van der Waals surface area contributed by atoms with Crippen LogP contribution in [0.1, 0.15) is 0 Å². The van der Waals surface area contributed by atoms with Crippen LogP contribution in [0.5, 0.6) is 0 Å². The molecule has 0 aliphatic carbocycles. The van der Waals surface area contributed by atoms with E-state index in [-0.39, 0.29) is 0 Å². The third-order valence-electron chi connectivity index (χ3n) is 3.86. The molecule has 0 saturated heterocycles. The van der Waals surface area contributed by atoms with Crippen LogP contribution in [0.25, 0.3) is 33.2 Å². The number of hydrogen-bond donors (Lipinski definition) is 0. The predicted octanol–water partition coefficient (Wildman–Crippen LogP) is 4.17. The Hall–Kier alpha value is -2.77. The van der Waals surface area contributed by atoms with Crippen molar-refractivity contribution in [2.75, 3.05) is 0 Å². The summed E-state index contributed by atoms with van der Waals surface area (Å²) in [6, 6.07) is 18.0. The molecule has 7 heteroatoms. The third kappa shape index (κ3) is 3.18. The molecule has 5 nitrogen and oxygen atoms in total. The van der Waals surface area contributed by atoms with Crippen LogP contribution in [0.4, 0.5) is 0 Å². The van der Waals surface area contributed by atoms with E-state index in [1.165, 1.54) is 12.4 Å². The number of pyridine rings is 3. The minimum absolute atomic E-state index is 0.430. The van der Waals surface area contributed by atoms with Crippen LogP contribution >= 0.6 is 27.3 Å². The average molecular weight is 426 g/mol. The van der Waals surface area contributed by atoms with Crippen LogP contribution in [0.3, 0.4) is 0 Å². The molecule has 0 radical (unpaired) electrons. The second kappa shape index (κ2) is 6.86. The highest BCUT2D eigenvalue weighted by atomic mass is 79.9. The highest BCUT2D eigenvalue weighted by Gasteiger charge is 2.18. The highest BCUT2D eigenvalue weighted by molar-refractivity contribution is 9.11. The smallest absolute Gasteiger partial charge is 0.242 e. The van der Waals surface area contributed by atoms with E-state index in [0.29, 0.717) is 22.8 Å². The van der Waals surface area contributed by atoms with Crippen molar-refractivity contribution in [3.05, 3.63) is 87.3 Å². The molecule has 0 aliphatic heterocycles. The standard InChI is InChI=1S/C19H12BrN3O2S/c20-19-8-7-18(26-19)13-11-14(16-5-1-3-9-22(16)24)21-15(12-13)17-6-2-4-10-23(17)25/h1-12H. The summed E-state index contributed by atoms with van der Waals surface area (Å²) in [7, 11) is 0. The monoisotopic (exact) mass is 425 g/mol. The minimum atomic E-state index is 0.430. The zero-order valence-electron chi connectivity index (χ0n) is 13.4. The van der Waals surface area contributed by atoms with Crippen LogP contribution in [0, 0.1) is 10.4 Å². The van der Waals surface area contributed by atoms with Crippen molar-refractivity contribution in [1.29, 1.82) is 0 Å². The molecule has 0 saturated carbocycles. The first-order chi connectivity index (χ1) is 12.6. The number of nitrogens with zero attached hydrogens (tertiary/aromatic N) is 3. The quantitative estimate of drug-likeness (QED) is 0.365. The Labute approximate surface area is 162 Å². The van der Waals surface area contributed by atoms with Gasteiger partial charge in [-0.3, -0.25) is 0 Å². The van der Waals surface area contributed by atoms with Gasteiger partial charge in [-0.05, 0) is 57.9 Å². The molecule has 0 amide bonds. The molecule has 0 fully saturated rings. The molecule has 128 valence electrons. The second-order valence-corrected chi connectivity index (χ2v) is 8.02. The zero-order chi connectivity index (χ0) is 18.1. The summed E-state index contributed by atoms with van der Waals surface area (Å²) in [5.41, 5.74) is 2.79. The molecule has 0 atom stereocenters. The van der Waals surface area contributed by atoms with E-state index in [1.807, 2.05) is 24.3 Å². The minimum Gasteiger partial charge on any atom is -0.618 e. The topological polar surface area (TPSA) is 66.8 Å². The second-order valence-electron chi connectivity index (χ2n) is 5.55. The third-order valence-corrected chi connectivity index (χ3v) is 5.53. The Morgan fingerprint density at radius 2 is 1.38 bits per heavy atom. The van der Waals surface area contributed by atoms with Crippen molar-refractivity contribution < 1.29 is 9.46 Å². The van der Waals surface area contributed by atoms with Crippen LogP contribution in [0.2, 0.25) is 0 Å². The van der Waals surface area contributed by atoms with Gasteiger partial charge in [0.15, 0.2) is 12.4 Å². The zero-order valence-corrected chi connectivity index (χ0v) is 15.8. The lowest BCUT2D eigenvalue weighted by atomic mass is 10.1. The number of rotatable bonds is 3. The molecule has 0 aliphatic rings. The van der Waals surface area contributed by atoms with Crippen LogP contribution in [-0.4, -0.2) is 4.98 Å². The van der Waals surface area contributed by atoms with Gasteiger partial charge in [-0.1, -0.05) is 0 Å². The van der Waals surface area contributed by atoms with Gasteiger partial charge in [-0.15, -0.1) is 11.3 Å². The lowest BCUT2D eigenvalue weighted by molar-refractivity contribution is -0.594. The van der Waals surface area contributed by atoms with Crippen molar-refractivity contribution >= 4 is 27.3 Å². The van der Waals surface area contributed by atoms with Gasteiger partial charge in [0.2, 0.25) is 11.4 Å². The molecule has 0 unspecified atom stereocenters. The number of aromatic nitrogens is 3. The Kier molecular flexibility index (Phi) is 4.40. The van der Waals surface area contributed by atoms with E-state index in [2.05, 4.69) is 20.9 Å². The summed E-state index contributed by atoms with van der Waals surface area (Å²) >= 11 is 5.05. The first-order valence-electron chi connectivity index (χ1n) is 7.77. The van der Waals surface area contributed by atoms with E-state index in [1.54, 1.807) is 47.7 Å². The van der Waals surface area contributed by atoms with E-state index in [9.17, 15) is 10.4 Å². The largest absolute Gasteiger partial charge is 0.618 e. The first-order valence-corrected chi connectivity index (χ1v) is 9.38. The fourth-order valence-electron chi connectivity index (χ4n) is 2.66. The van der Waals surface area contributed by atoms with Crippen molar-refractivity contribution in [1.82, 2.24) is 4.98 Å². The Morgan fingerprint density at radius 3 is 1.85 bits per heavy atom. The van der Waals surface area contributed by atoms with Crippen molar-refractivity contribution in [2.45, 2.75) is 0 Å². The lowest BCUT2D eigenvalue weighted by Crippen LogP contribution is -2.29. The molecule has 4 heterocycles. The molecular formula is C19H12BrN3O2S. The number of hydrogen-bond acceptors (Lipinski definition) is 4. The van der Waals surface area contributed by atoms with E-state index < -0.39 is 0 Å². The number of halogens is 1. The summed E-state index contributed by atoms with van der Waals surface area (Å²) in [4.78, 5) is 5.60. The molecule has 4 aromatic rings. The summed E-state index contributed by atoms with van der Waals surface area (Å²) in [6.07, 6.45) is 2.86. The fraction of sp³-hybridized carbons (Fsp3) is 0. The maximum absolute atomic E-state index is 12.2. The summed E-state index contributed by atoms with van der Waals surface area (Å²) in [5, 5.41) is 24.4.